The first kappa shape index (κ1) is 16.2. The first-order valence-electron chi connectivity index (χ1n) is 7.28. The predicted octanol–water partition coefficient (Wildman–Crippen LogP) is 1.38. The topological polar surface area (TPSA) is 60.0 Å². The number of fused-ring (bicyclic) bond motifs is 1. The van der Waals surface area contributed by atoms with Crippen LogP contribution in [0.3, 0.4) is 0 Å². The zero-order valence-corrected chi connectivity index (χ0v) is 14.4. The second-order valence-electron chi connectivity index (χ2n) is 5.17. The van der Waals surface area contributed by atoms with E-state index in [0.29, 0.717) is 18.2 Å². The van der Waals surface area contributed by atoms with Crippen LogP contribution < -0.4 is 14.8 Å². The summed E-state index contributed by atoms with van der Waals surface area (Å²) in [6.45, 7) is 2.27. The van der Waals surface area contributed by atoms with Crippen molar-refractivity contribution in [2.24, 2.45) is 0 Å². The van der Waals surface area contributed by atoms with Crippen molar-refractivity contribution >= 4 is 35.1 Å². The highest BCUT2D eigenvalue weighted by atomic mass is 32.2. The molecule has 0 aromatic heterocycles. The van der Waals surface area contributed by atoms with Crippen molar-refractivity contribution in [1.82, 2.24) is 10.2 Å². The van der Waals surface area contributed by atoms with E-state index >= 15 is 0 Å². The minimum absolute atomic E-state index is 0.181. The maximum atomic E-state index is 11.7. The van der Waals surface area contributed by atoms with Crippen LogP contribution in [-0.4, -0.2) is 54.0 Å². The highest BCUT2D eigenvalue weighted by Crippen LogP contribution is 2.32. The van der Waals surface area contributed by atoms with E-state index in [0.717, 1.165) is 29.4 Å². The minimum atomic E-state index is -0.196. The molecule has 0 radical (unpaired) electrons. The Morgan fingerprint density at radius 2 is 2.30 bits per heavy atom. The summed E-state index contributed by atoms with van der Waals surface area (Å²) in [7, 11) is 1.41. The summed E-state index contributed by atoms with van der Waals surface area (Å²) in [4.78, 5) is 13.7. The monoisotopic (exact) mass is 354 g/mol. The van der Waals surface area contributed by atoms with Crippen LogP contribution in [0, 0.1) is 0 Å². The van der Waals surface area contributed by atoms with E-state index in [-0.39, 0.29) is 18.0 Å². The molecule has 1 aromatic carbocycles. The van der Waals surface area contributed by atoms with Gasteiger partial charge in [-0.1, -0.05) is 6.07 Å². The van der Waals surface area contributed by atoms with Gasteiger partial charge in [0.2, 0.25) is 6.79 Å². The summed E-state index contributed by atoms with van der Waals surface area (Å²) in [5.41, 5.74) is 1.06. The fourth-order valence-electron chi connectivity index (χ4n) is 2.45. The third-order valence-electron chi connectivity index (χ3n) is 3.70. The lowest BCUT2D eigenvalue weighted by Gasteiger charge is -2.33. The molecule has 0 unspecified atom stereocenters. The second kappa shape index (κ2) is 7.27. The highest BCUT2D eigenvalue weighted by molar-refractivity contribution is 8.00. The van der Waals surface area contributed by atoms with E-state index in [1.807, 2.05) is 23.1 Å². The number of hydrogen-bond donors (Lipinski definition) is 1. The summed E-state index contributed by atoms with van der Waals surface area (Å²) >= 11 is 7.06. The van der Waals surface area contributed by atoms with Crippen LogP contribution in [0.2, 0.25) is 0 Å². The third kappa shape index (κ3) is 3.81. The molecule has 0 amide bonds. The number of carbonyl (C=O) groups excluding carboxylic acids is 1. The lowest BCUT2D eigenvalue weighted by Crippen LogP contribution is -2.48. The summed E-state index contributed by atoms with van der Waals surface area (Å²) in [5.74, 6) is 2.19. The molecule has 1 fully saturated rings. The number of ether oxygens (including phenoxy) is 3. The highest BCUT2D eigenvalue weighted by Gasteiger charge is 2.28. The number of nitrogens with zero attached hydrogens (tertiary/aromatic N) is 1. The Balaban J connectivity index is 1.53. The Kier molecular flexibility index (Phi) is 5.12. The van der Waals surface area contributed by atoms with Crippen molar-refractivity contribution in [3.05, 3.63) is 23.8 Å². The van der Waals surface area contributed by atoms with Gasteiger partial charge in [-0.2, -0.15) is 0 Å². The van der Waals surface area contributed by atoms with Crippen molar-refractivity contribution in [2.45, 2.75) is 11.8 Å². The standard InChI is InChI=1S/C15H18N2O4S2/c1-19-14(18)13-8-17(4-5-23-13)15(22)16-7-10-2-3-11-12(6-10)21-9-20-11/h2-3,6,13H,4-5,7-9H2,1H3,(H,16,22)/t13-/m1/s1. The number of carbonyl (C=O) groups is 1. The van der Waals surface area contributed by atoms with E-state index in [1.54, 1.807) is 11.8 Å². The molecule has 2 aliphatic rings. The predicted molar refractivity (Wildman–Crippen MR) is 91.8 cm³/mol. The fourth-order valence-corrected chi connectivity index (χ4v) is 3.81. The average molecular weight is 354 g/mol. The first-order chi connectivity index (χ1) is 11.2. The van der Waals surface area contributed by atoms with Gasteiger partial charge in [-0.25, -0.2) is 0 Å². The number of nitrogens with one attached hydrogen (secondary N) is 1. The lowest BCUT2D eigenvalue weighted by molar-refractivity contribution is -0.140. The molecular formula is C15H18N2O4S2. The zero-order valence-electron chi connectivity index (χ0n) is 12.7. The van der Waals surface area contributed by atoms with Crippen molar-refractivity contribution in [1.29, 1.82) is 0 Å². The van der Waals surface area contributed by atoms with Crippen LogP contribution >= 0.6 is 24.0 Å². The SMILES string of the molecule is COC(=O)[C@H]1CN(C(=S)NCc2ccc3c(c2)OCO3)CCS1. The molecule has 0 bridgehead atoms. The summed E-state index contributed by atoms with van der Waals surface area (Å²) in [6, 6.07) is 5.82. The Morgan fingerprint density at radius 3 is 3.13 bits per heavy atom. The van der Waals surface area contributed by atoms with Gasteiger partial charge in [0.15, 0.2) is 16.6 Å². The molecule has 1 N–H and O–H groups in total. The third-order valence-corrected chi connectivity index (χ3v) is 5.26. The van der Waals surface area contributed by atoms with Gasteiger partial charge in [-0.15, -0.1) is 11.8 Å². The van der Waals surface area contributed by atoms with Gasteiger partial charge in [0.25, 0.3) is 0 Å². The number of methoxy groups -OCH3 is 1. The van der Waals surface area contributed by atoms with Gasteiger partial charge in [0.05, 0.1) is 7.11 Å². The Bertz CT molecular complexity index is 611. The van der Waals surface area contributed by atoms with Crippen LogP contribution in [0.15, 0.2) is 18.2 Å². The molecule has 1 atom stereocenters. The van der Waals surface area contributed by atoms with Gasteiger partial charge in [-0.05, 0) is 29.9 Å². The number of rotatable bonds is 3. The van der Waals surface area contributed by atoms with Crippen LogP contribution in [0.25, 0.3) is 0 Å². The number of esters is 1. The number of hydrogen-bond acceptors (Lipinski definition) is 6. The largest absolute Gasteiger partial charge is 0.468 e. The molecule has 2 heterocycles. The molecule has 1 saturated heterocycles. The second-order valence-corrected chi connectivity index (χ2v) is 6.87. The molecule has 0 aliphatic carbocycles. The first-order valence-corrected chi connectivity index (χ1v) is 8.74. The van der Waals surface area contributed by atoms with E-state index in [1.165, 1.54) is 7.11 Å². The number of thiocarbonyl (C=S) groups is 1. The molecule has 6 nitrogen and oxygen atoms in total. The summed E-state index contributed by atoms with van der Waals surface area (Å²) in [6.07, 6.45) is 0. The molecule has 8 heteroatoms. The quantitative estimate of drug-likeness (QED) is 0.645. The van der Waals surface area contributed by atoms with Crippen molar-refractivity contribution < 1.29 is 19.0 Å². The molecule has 124 valence electrons. The minimum Gasteiger partial charge on any atom is -0.468 e. The van der Waals surface area contributed by atoms with Crippen LogP contribution in [0.1, 0.15) is 5.56 Å². The van der Waals surface area contributed by atoms with E-state index in [4.69, 9.17) is 26.4 Å². The van der Waals surface area contributed by atoms with Gasteiger partial charge in [-0.3, -0.25) is 4.79 Å². The van der Waals surface area contributed by atoms with Crippen LogP contribution in [0.4, 0.5) is 0 Å². The van der Waals surface area contributed by atoms with Gasteiger partial charge in [0.1, 0.15) is 5.25 Å². The van der Waals surface area contributed by atoms with Crippen LogP contribution in [0.5, 0.6) is 11.5 Å². The van der Waals surface area contributed by atoms with Crippen molar-refractivity contribution in [3.63, 3.8) is 0 Å². The zero-order chi connectivity index (χ0) is 16.2. The smallest absolute Gasteiger partial charge is 0.320 e. The Hall–Kier alpha value is -1.67. The number of benzene rings is 1. The van der Waals surface area contributed by atoms with E-state index in [9.17, 15) is 4.79 Å². The van der Waals surface area contributed by atoms with Gasteiger partial charge in [0, 0.05) is 25.4 Å². The Labute approximate surface area is 144 Å². The van der Waals surface area contributed by atoms with Crippen LogP contribution in [-0.2, 0) is 16.1 Å². The van der Waals surface area contributed by atoms with E-state index < -0.39 is 0 Å². The molecule has 0 spiro atoms. The van der Waals surface area contributed by atoms with E-state index in [2.05, 4.69) is 5.32 Å². The summed E-state index contributed by atoms with van der Waals surface area (Å²) in [5, 5.41) is 3.71. The molecule has 3 rings (SSSR count). The lowest BCUT2D eigenvalue weighted by atomic mass is 10.2. The normalized spacial score (nSPS) is 19.3. The van der Waals surface area contributed by atoms with Gasteiger partial charge >= 0.3 is 5.97 Å². The molecule has 1 aromatic rings. The molecule has 23 heavy (non-hydrogen) atoms. The van der Waals surface area contributed by atoms with Crippen molar-refractivity contribution in [3.8, 4) is 11.5 Å². The van der Waals surface area contributed by atoms with Gasteiger partial charge < -0.3 is 24.4 Å². The van der Waals surface area contributed by atoms with Crippen molar-refractivity contribution in [2.75, 3.05) is 32.7 Å². The maximum Gasteiger partial charge on any atom is 0.320 e. The molecule has 0 saturated carbocycles. The summed E-state index contributed by atoms with van der Waals surface area (Å²) < 4.78 is 15.5. The molecule has 2 aliphatic heterocycles. The fraction of sp³-hybridized carbons (Fsp3) is 0.467. The molecular weight excluding hydrogens is 336 g/mol. The average Bonchev–Trinajstić information content (AvgIpc) is 3.06. The Morgan fingerprint density at radius 1 is 1.48 bits per heavy atom. The maximum absolute atomic E-state index is 11.7. The number of thioether (sulfide) groups is 1.